The number of aliphatic hydroxyl groups excluding tert-OH is 1. The fourth-order valence-corrected chi connectivity index (χ4v) is 2.29. The van der Waals surface area contributed by atoms with E-state index in [0.717, 1.165) is 32.5 Å². The fraction of sp³-hybridized carbons (Fsp3) is 1.00. The van der Waals surface area contributed by atoms with Gasteiger partial charge in [0.25, 0.3) is 0 Å². The van der Waals surface area contributed by atoms with Crippen molar-refractivity contribution < 1.29 is 9.84 Å². The summed E-state index contributed by atoms with van der Waals surface area (Å²) in [6.45, 7) is 8.74. The minimum atomic E-state index is -0.356. The summed E-state index contributed by atoms with van der Waals surface area (Å²) in [6.07, 6.45) is 4.56. The molecular weight excluding hydrogens is 228 g/mol. The van der Waals surface area contributed by atoms with E-state index in [1.807, 2.05) is 0 Å². The highest BCUT2D eigenvalue weighted by Crippen LogP contribution is 2.06. The molecule has 1 heterocycles. The van der Waals surface area contributed by atoms with Gasteiger partial charge in [-0.15, -0.1) is 0 Å². The van der Waals surface area contributed by atoms with E-state index in [4.69, 9.17) is 4.74 Å². The molecule has 1 aliphatic rings. The number of rotatable bonds is 10. The average molecular weight is 258 g/mol. The van der Waals surface area contributed by atoms with Crippen molar-refractivity contribution in [3.8, 4) is 0 Å². The van der Waals surface area contributed by atoms with Crippen molar-refractivity contribution in [1.82, 2.24) is 9.80 Å². The third kappa shape index (κ3) is 7.31. The molecule has 0 spiro atoms. The molecule has 0 radical (unpaired) electrons. The second kappa shape index (κ2) is 9.73. The van der Waals surface area contributed by atoms with Crippen LogP contribution >= 0.6 is 0 Å². The first kappa shape index (κ1) is 15.9. The lowest BCUT2D eigenvalue weighted by Crippen LogP contribution is -2.37. The van der Waals surface area contributed by atoms with Gasteiger partial charge in [-0.2, -0.15) is 0 Å². The highest BCUT2D eigenvalue weighted by Gasteiger charge is 2.13. The van der Waals surface area contributed by atoms with Gasteiger partial charge in [0, 0.05) is 26.2 Å². The smallest absolute Gasteiger partial charge is 0.0900 e. The Balaban J connectivity index is 1.98. The van der Waals surface area contributed by atoms with Crippen LogP contribution in [-0.4, -0.2) is 74.0 Å². The molecule has 0 aromatic heterocycles. The summed E-state index contributed by atoms with van der Waals surface area (Å²) in [4.78, 5) is 4.70. The molecule has 0 aromatic carbocycles. The largest absolute Gasteiger partial charge is 0.389 e. The Kier molecular flexibility index (Phi) is 8.59. The van der Waals surface area contributed by atoms with E-state index in [9.17, 15) is 5.11 Å². The van der Waals surface area contributed by atoms with Crippen molar-refractivity contribution in [2.75, 3.05) is 53.0 Å². The molecule has 1 saturated heterocycles. The number of likely N-dealkylation sites (N-methyl/N-ethyl adjacent to an activating group) is 1. The van der Waals surface area contributed by atoms with Gasteiger partial charge in [-0.05, 0) is 39.4 Å². The van der Waals surface area contributed by atoms with Crippen LogP contribution in [0.1, 0.15) is 32.6 Å². The van der Waals surface area contributed by atoms with E-state index in [2.05, 4.69) is 23.8 Å². The SMILES string of the molecule is CCCCOCC(O)CN(C)CCN1CCCC1. The second-order valence-corrected chi connectivity index (χ2v) is 5.39. The second-order valence-electron chi connectivity index (χ2n) is 5.39. The zero-order valence-corrected chi connectivity index (χ0v) is 12.1. The summed E-state index contributed by atoms with van der Waals surface area (Å²) in [7, 11) is 2.07. The highest BCUT2D eigenvalue weighted by atomic mass is 16.5. The lowest BCUT2D eigenvalue weighted by molar-refractivity contribution is 0.0190. The molecule has 1 unspecified atom stereocenters. The van der Waals surface area contributed by atoms with Gasteiger partial charge in [-0.1, -0.05) is 13.3 Å². The fourth-order valence-electron chi connectivity index (χ4n) is 2.29. The van der Waals surface area contributed by atoms with Gasteiger partial charge >= 0.3 is 0 Å². The first-order chi connectivity index (χ1) is 8.72. The predicted molar refractivity (Wildman–Crippen MR) is 74.9 cm³/mol. The molecule has 1 rings (SSSR count). The molecule has 1 fully saturated rings. The van der Waals surface area contributed by atoms with Crippen LogP contribution in [0.3, 0.4) is 0 Å². The monoisotopic (exact) mass is 258 g/mol. The third-order valence-electron chi connectivity index (χ3n) is 3.47. The Morgan fingerprint density at radius 1 is 1.33 bits per heavy atom. The van der Waals surface area contributed by atoms with E-state index < -0.39 is 0 Å². The molecule has 0 saturated carbocycles. The number of nitrogens with zero attached hydrogens (tertiary/aromatic N) is 2. The minimum Gasteiger partial charge on any atom is -0.389 e. The molecule has 18 heavy (non-hydrogen) atoms. The number of ether oxygens (including phenoxy) is 1. The standard InChI is InChI=1S/C14H30N2O2/c1-3-4-11-18-13-14(17)12-15(2)9-10-16-7-5-6-8-16/h14,17H,3-13H2,1-2H3. The molecule has 4 nitrogen and oxygen atoms in total. The number of hydrogen-bond donors (Lipinski definition) is 1. The molecular formula is C14H30N2O2. The van der Waals surface area contributed by atoms with Crippen LogP contribution in [0, 0.1) is 0 Å². The maximum atomic E-state index is 9.83. The van der Waals surface area contributed by atoms with Crippen LogP contribution in [0.15, 0.2) is 0 Å². The lowest BCUT2D eigenvalue weighted by Gasteiger charge is -2.23. The molecule has 4 heteroatoms. The number of likely N-dealkylation sites (tertiary alicyclic amines) is 1. The summed E-state index contributed by atoms with van der Waals surface area (Å²) in [5.74, 6) is 0. The molecule has 0 bridgehead atoms. The van der Waals surface area contributed by atoms with Gasteiger partial charge in [0.05, 0.1) is 12.7 Å². The minimum absolute atomic E-state index is 0.356. The van der Waals surface area contributed by atoms with Crippen LogP contribution in [0.25, 0.3) is 0 Å². The van der Waals surface area contributed by atoms with Gasteiger partial charge in [0.2, 0.25) is 0 Å². The molecule has 108 valence electrons. The van der Waals surface area contributed by atoms with E-state index in [-0.39, 0.29) is 6.10 Å². The van der Waals surface area contributed by atoms with Crippen molar-refractivity contribution in [1.29, 1.82) is 0 Å². The van der Waals surface area contributed by atoms with E-state index in [1.165, 1.54) is 25.9 Å². The van der Waals surface area contributed by atoms with Crippen molar-refractivity contribution in [2.24, 2.45) is 0 Å². The Hall–Kier alpha value is -0.160. The lowest BCUT2D eigenvalue weighted by atomic mass is 10.3. The van der Waals surface area contributed by atoms with Crippen molar-refractivity contribution in [2.45, 2.75) is 38.7 Å². The normalized spacial score (nSPS) is 18.7. The van der Waals surface area contributed by atoms with Crippen LogP contribution in [0.2, 0.25) is 0 Å². The van der Waals surface area contributed by atoms with Gasteiger partial charge in [0.15, 0.2) is 0 Å². The number of unbranched alkanes of at least 4 members (excludes halogenated alkanes) is 1. The van der Waals surface area contributed by atoms with Crippen LogP contribution in [0.5, 0.6) is 0 Å². The van der Waals surface area contributed by atoms with Crippen LogP contribution in [-0.2, 0) is 4.74 Å². The molecule has 0 aliphatic carbocycles. The summed E-state index contributed by atoms with van der Waals surface area (Å²) >= 11 is 0. The molecule has 0 aromatic rings. The number of hydrogen-bond acceptors (Lipinski definition) is 4. The quantitative estimate of drug-likeness (QED) is 0.597. The maximum Gasteiger partial charge on any atom is 0.0900 e. The van der Waals surface area contributed by atoms with Gasteiger partial charge in [-0.3, -0.25) is 0 Å². The Labute approximate surface area is 112 Å². The zero-order chi connectivity index (χ0) is 13.2. The average Bonchev–Trinajstić information content (AvgIpc) is 2.85. The Bertz CT molecular complexity index is 196. The first-order valence-electron chi connectivity index (χ1n) is 7.39. The van der Waals surface area contributed by atoms with Crippen LogP contribution in [0.4, 0.5) is 0 Å². The van der Waals surface area contributed by atoms with Crippen molar-refractivity contribution >= 4 is 0 Å². The van der Waals surface area contributed by atoms with Gasteiger partial charge < -0.3 is 19.6 Å². The molecule has 1 N–H and O–H groups in total. The van der Waals surface area contributed by atoms with Crippen LogP contribution < -0.4 is 0 Å². The topological polar surface area (TPSA) is 35.9 Å². The zero-order valence-electron chi connectivity index (χ0n) is 12.1. The maximum absolute atomic E-state index is 9.83. The summed E-state index contributed by atoms with van der Waals surface area (Å²) < 4.78 is 5.43. The predicted octanol–water partition coefficient (Wildman–Crippen LogP) is 1.19. The summed E-state index contributed by atoms with van der Waals surface area (Å²) in [5, 5.41) is 9.83. The number of aliphatic hydroxyl groups is 1. The molecule has 1 atom stereocenters. The van der Waals surface area contributed by atoms with Crippen molar-refractivity contribution in [3.05, 3.63) is 0 Å². The van der Waals surface area contributed by atoms with E-state index in [1.54, 1.807) is 0 Å². The van der Waals surface area contributed by atoms with Gasteiger partial charge in [0.1, 0.15) is 0 Å². The Morgan fingerprint density at radius 3 is 2.72 bits per heavy atom. The summed E-state index contributed by atoms with van der Waals surface area (Å²) in [6, 6.07) is 0. The highest BCUT2D eigenvalue weighted by molar-refractivity contribution is 4.68. The third-order valence-corrected chi connectivity index (χ3v) is 3.47. The Morgan fingerprint density at radius 2 is 2.06 bits per heavy atom. The molecule has 1 aliphatic heterocycles. The van der Waals surface area contributed by atoms with Crippen molar-refractivity contribution in [3.63, 3.8) is 0 Å². The first-order valence-corrected chi connectivity index (χ1v) is 7.39. The van der Waals surface area contributed by atoms with E-state index >= 15 is 0 Å². The molecule has 0 amide bonds. The van der Waals surface area contributed by atoms with Gasteiger partial charge in [-0.25, -0.2) is 0 Å². The summed E-state index contributed by atoms with van der Waals surface area (Å²) in [5.41, 5.74) is 0. The van der Waals surface area contributed by atoms with E-state index in [0.29, 0.717) is 13.2 Å².